The summed E-state index contributed by atoms with van der Waals surface area (Å²) in [6, 6.07) is 11.1. The van der Waals surface area contributed by atoms with Crippen LogP contribution in [0, 0.1) is 6.92 Å². The van der Waals surface area contributed by atoms with Crippen LogP contribution in [0.5, 0.6) is 0 Å². The van der Waals surface area contributed by atoms with Crippen LogP contribution in [0.3, 0.4) is 0 Å². The van der Waals surface area contributed by atoms with Gasteiger partial charge in [-0.25, -0.2) is 9.79 Å². The molecule has 3 rings (SSSR count). The third kappa shape index (κ3) is 3.85. The number of furan rings is 1. The second-order valence-corrected chi connectivity index (χ2v) is 6.35. The lowest BCUT2D eigenvalue weighted by Crippen LogP contribution is -2.12. The van der Waals surface area contributed by atoms with Crippen LogP contribution in [0.25, 0.3) is 6.08 Å². The molecule has 2 heterocycles. The highest BCUT2D eigenvalue weighted by molar-refractivity contribution is 8.18. The SMILES string of the molecule is CCOC(=O)C1=C(O)C(=Cc2ccco2)SC1=Nc1ccc(C)cc1. The van der Waals surface area contributed by atoms with Gasteiger partial charge in [-0.15, -0.1) is 0 Å². The molecule has 0 atom stereocenters. The quantitative estimate of drug-likeness (QED) is 0.799. The number of rotatable bonds is 4. The maximum Gasteiger partial charge on any atom is 0.344 e. The molecule has 1 aliphatic heterocycles. The van der Waals surface area contributed by atoms with Crippen molar-refractivity contribution < 1.29 is 19.1 Å². The third-order valence-corrected chi connectivity index (χ3v) is 4.47. The Hall–Kier alpha value is -2.73. The van der Waals surface area contributed by atoms with Gasteiger partial charge in [0.2, 0.25) is 0 Å². The molecule has 0 amide bonds. The molecule has 1 N–H and O–H groups in total. The number of aliphatic hydroxyl groups excluding tert-OH is 1. The molecule has 6 heteroatoms. The van der Waals surface area contributed by atoms with Gasteiger partial charge in [0.25, 0.3) is 0 Å². The molecule has 0 unspecified atom stereocenters. The first-order chi connectivity index (χ1) is 12.1. The van der Waals surface area contributed by atoms with Crippen molar-refractivity contribution in [1.82, 2.24) is 0 Å². The predicted molar refractivity (Wildman–Crippen MR) is 98.8 cm³/mol. The Kier molecular flexibility index (Phi) is 5.09. The third-order valence-electron chi connectivity index (χ3n) is 3.45. The maximum atomic E-state index is 12.3. The molecule has 1 aromatic carbocycles. The molecule has 25 heavy (non-hydrogen) atoms. The molecule has 128 valence electrons. The lowest BCUT2D eigenvalue weighted by atomic mass is 10.2. The van der Waals surface area contributed by atoms with Crippen LogP contribution < -0.4 is 0 Å². The maximum absolute atomic E-state index is 12.3. The van der Waals surface area contributed by atoms with Gasteiger partial charge in [-0.1, -0.05) is 29.5 Å². The van der Waals surface area contributed by atoms with E-state index in [0.717, 1.165) is 5.56 Å². The minimum Gasteiger partial charge on any atom is -0.506 e. The van der Waals surface area contributed by atoms with E-state index in [1.165, 1.54) is 11.8 Å². The number of aryl methyl sites for hydroxylation is 1. The van der Waals surface area contributed by atoms with E-state index in [1.807, 2.05) is 31.2 Å². The number of aliphatic hydroxyl groups is 1. The Morgan fingerprint density at radius 3 is 2.72 bits per heavy atom. The van der Waals surface area contributed by atoms with Gasteiger partial charge in [0.1, 0.15) is 22.1 Å². The largest absolute Gasteiger partial charge is 0.506 e. The number of nitrogens with zero attached hydrogens (tertiary/aromatic N) is 1. The molecule has 0 saturated heterocycles. The molecule has 0 saturated carbocycles. The van der Waals surface area contributed by atoms with E-state index < -0.39 is 5.97 Å². The number of esters is 1. The number of hydrogen-bond donors (Lipinski definition) is 1. The number of hydrogen-bond acceptors (Lipinski definition) is 6. The van der Waals surface area contributed by atoms with Crippen molar-refractivity contribution in [2.24, 2.45) is 4.99 Å². The second kappa shape index (κ2) is 7.44. The smallest absolute Gasteiger partial charge is 0.344 e. The molecule has 0 bridgehead atoms. The van der Waals surface area contributed by atoms with Crippen molar-refractivity contribution in [3.05, 3.63) is 70.2 Å². The second-order valence-electron chi connectivity index (χ2n) is 5.32. The monoisotopic (exact) mass is 355 g/mol. The summed E-state index contributed by atoms with van der Waals surface area (Å²) < 4.78 is 10.3. The summed E-state index contributed by atoms with van der Waals surface area (Å²) in [6.07, 6.45) is 3.21. The normalized spacial score (nSPS) is 17.5. The average molecular weight is 355 g/mol. The first-order valence-corrected chi connectivity index (χ1v) is 8.59. The fourth-order valence-corrected chi connectivity index (χ4v) is 3.25. The summed E-state index contributed by atoms with van der Waals surface area (Å²) in [5.74, 6) is -0.166. The molecule has 0 aliphatic carbocycles. The van der Waals surface area contributed by atoms with Gasteiger partial charge in [-0.3, -0.25) is 0 Å². The molecule has 2 aromatic rings. The minimum atomic E-state index is -0.596. The summed E-state index contributed by atoms with van der Waals surface area (Å²) in [4.78, 5) is 17.3. The van der Waals surface area contributed by atoms with E-state index in [-0.39, 0.29) is 17.9 Å². The van der Waals surface area contributed by atoms with E-state index in [1.54, 1.807) is 31.4 Å². The number of thioether (sulfide) groups is 1. The highest BCUT2D eigenvalue weighted by Gasteiger charge is 2.33. The van der Waals surface area contributed by atoms with E-state index in [0.29, 0.717) is 21.4 Å². The molecule has 1 aromatic heterocycles. The minimum absolute atomic E-state index is 0.0743. The van der Waals surface area contributed by atoms with Crippen LogP contribution in [-0.2, 0) is 9.53 Å². The Morgan fingerprint density at radius 2 is 2.08 bits per heavy atom. The Morgan fingerprint density at radius 1 is 1.32 bits per heavy atom. The zero-order valence-corrected chi connectivity index (χ0v) is 14.7. The van der Waals surface area contributed by atoms with Gasteiger partial charge in [0, 0.05) is 0 Å². The average Bonchev–Trinajstić information content (AvgIpc) is 3.19. The van der Waals surface area contributed by atoms with Crippen LogP contribution in [0.4, 0.5) is 5.69 Å². The van der Waals surface area contributed by atoms with Gasteiger partial charge < -0.3 is 14.3 Å². The summed E-state index contributed by atoms with van der Waals surface area (Å²) >= 11 is 1.20. The summed E-state index contributed by atoms with van der Waals surface area (Å²) in [5.41, 5.74) is 1.89. The zero-order chi connectivity index (χ0) is 17.8. The van der Waals surface area contributed by atoms with Crippen molar-refractivity contribution in [3.63, 3.8) is 0 Å². The number of ether oxygens (including phenoxy) is 1. The van der Waals surface area contributed by atoms with E-state index in [9.17, 15) is 9.90 Å². The van der Waals surface area contributed by atoms with Gasteiger partial charge in [-0.2, -0.15) is 0 Å². The summed E-state index contributed by atoms with van der Waals surface area (Å²) in [7, 11) is 0. The fourth-order valence-electron chi connectivity index (χ4n) is 2.23. The lowest BCUT2D eigenvalue weighted by Gasteiger charge is -2.04. The highest BCUT2D eigenvalue weighted by Crippen LogP contribution is 2.40. The molecular formula is C19H17NO4S. The number of carbonyl (C=O) groups is 1. The number of carbonyl (C=O) groups excluding carboxylic acids is 1. The van der Waals surface area contributed by atoms with Gasteiger partial charge in [0.05, 0.1) is 23.5 Å². The van der Waals surface area contributed by atoms with Gasteiger partial charge in [0.15, 0.2) is 0 Å². The first-order valence-electron chi connectivity index (χ1n) is 7.78. The topological polar surface area (TPSA) is 72.0 Å². The summed E-state index contributed by atoms with van der Waals surface area (Å²) in [5, 5.41) is 10.9. The standard InChI is InChI=1S/C19H17NO4S/c1-3-23-19(22)16-17(21)15(11-14-5-4-10-24-14)25-18(16)20-13-8-6-12(2)7-9-13/h4-11,21H,3H2,1-2H3. The number of aliphatic imine (C=N–C) groups is 1. The molecule has 1 aliphatic rings. The number of benzene rings is 1. The van der Waals surface area contributed by atoms with Crippen LogP contribution in [0.2, 0.25) is 0 Å². The van der Waals surface area contributed by atoms with Crippen LogP contribution in [0.15, 0.2) is 68.3 Å². The Labute approximate surface area is 149 Å². The van der Waals surface area contributed by atoms with E-state index in [2.05, 4.69) is 4.99 Å². The van der Waals surface area contributed by atoms with Gasteiger partial charge >= 0.3 is 5.97 Å². The molecule has 5 nitrogen and oxygen atoms in total. The van der Waals surface area contributed by atoms with Gasteiger partial charge in [-0.05, 0) is 44.2 Å². The molecule has 0 radical (unpaired) electrons. The highest BCUT2D eigenvalue weighted by atomic mass is 32.2. The Balaban J connectivity index is 2.02. The predicted octanol–water partition coefficient (Wildman–Crippen LogP) is 4.78. The van der Waals surface area contributed by atoms with Crippen molar-refractivity contribution in [2.75, 3.05) is 6.61 Å². The van der Waals surface area contributed by atoms with Crippen molar-refractivity contribution in [1.29, 1.82) is 0 Å². The van der Waals surface area contributed by atoms with Crippen molar-refractivity contribution in [2.45, 2.75) is 13.8 Å². The van der Waals surface area contributed by atoms with Crippen LogP contribution >= 0.6 is 11.8 Å². The van der Waals surface area contributed by atoms with E-state index >= 15 is 0 Å². The molecular weight excluding hydrogens is 338 g/mol. The first kappa shape index (κ1) is 17.1. The molecule has 0 fully saturated rings. The Bertz CT molecular complexity index is 861. The van der Waals surface area contributed by atoms with Crippen LogP contribution in [0.1, 0.15) is 18.2 Å². The van der Waals surface area contributed by atoms with Crippen molar-refractivity contribution >= 4 is 34.5 Å². The summed E-state index contributed by atoms with van der Waals surface area (Å²) in [6.45, 7) is 3.92. The lowest BCUT2D eigenvalue weighted by molar-refractivity contribution is -0.138. The van der Waals surface area contributed by atoms with Crippen LogP contribution in [-0.4, -0.2) is 22.7 Å². The van der Waals surface area contributed by atoms with E-state index in [4.69, 9.17) is 9.15 Å². The fraction of sp³-hybridized carbons (Fsp3) is 0.158. The van der Waals surface area contributed by atoms with Crippen molar-refractivity contribution in [3.8, 4) is 0 Å². The zero-order valence-electron chi connectivity index (χ0n) is 13.9. The molecule has 0 spiro atoms.